The summed E-state index contributed by atoms with van der Waals surface area (Å²) in [6, 6.07) is 23.8. The molecule has 0 aliphatic carbocycles. The molecule has 0 aromatic heterocycles. The van der Waals surface area contributed by atoms with Crippen LogP contribution in [0.1, 0.15) is 0 Å². The van der Waals surface area contributed by atoms with E-state index in [4.69, 9.17) is 15.2 Å². The SMILES string of the molecule is COc1cc(-c2ccc(N=Nc3c(O)ccc4ccccc34)c(OC)c2)ccc1N=Nc1ccc2c(S(=O)(=O)O)cc(S(=O)(=O)O)c(N)c2c1O. The van der Waals surface area contributed by atoms with Gasteiger partial charge in [-0.05, 0) is 59.0 Å². The van der Waals surface area contributed by atoms with Gasteiger partial charge in [-0.3, -0.25) is 9.11 Å². The van der Waals surface area contributed by atoms with Gasteiger partial charge in [-0.1, -0.05) is 48.5 Å². The third kappa shape index (κ3) is 6.73. The van der Waals surface area contributed by atoms with Gasteiger partial charge in [0.15, 0.2) is 5.75 Å². The molecular formula is C34H27N5O10S2. The summed E-state index contributed by atoms with van der Waals surface area (Å²) in [5, 5.41) is 39.0. The Kier molecular flexibility index (Phi) is 9.05. The molecule has 0 atom stereocenters. The van der Waals surface area contributed by atoms with Crippen LogP contribution in [-0.2, 0) is 20.2 Å². The van der Waals surface area contributed by atoms with Crippen molar-refractivity contribution in [1.82, 2.24) is 0 Å². The minimum atomic E-state index is -5.07. The molecule has 0 radical (unpaired) electrons. The molecule has 0 aliphatic rings. The van der Waals surface area contributed by atoms with Crippen LogP contribution in [-0.4, -0.2) is 50.4 Å². The second-order valence-electron chi connectivity index (χ2n) is 10.9. The van der Waals surface area contributed by atoms with E-state index in [2.05, 4.69) is 20.5 Å². The molecule has 0 saturated carbocycles. The normalized spacial score (nSPS) is 12.3. The highest BCUT2D eigenvalue weighted by Crippen LogP contribution is 2.45. The van der Waals surface area contributed by atoms with E-state index in [1.165, 1.54) is 20.3 Å². The first kappa shape index (κ1) is 34.7. The Morgan fingerprint density at radius 3 is 1.75 bits per heavy atom. The number of phenols is 2. The highest BCUT2D eigenvalue weighted by atomic mass is 32.2. The number of azo groups is 2. The number of benzene rings is 6. The number of hydrogen-bond acceptors (Lipinski definition) is 13. The van der Waals surface area contributed by atoms with Gasteiger partial charge in [0, 0.05) is 10.8 Å². The first-order valence-corrected chi connectivity index (χ1v) is 17.5. The van der Waals surface area contributed by atoms with Crippen LogP contribution in [0.15, 0.2) is 121 Å². The lowest BCUT2D eigenvalue weighted by Crippen LogP contribution is -2.08. The van der Waals surface area contributed by atoms with E-state index in [9.17, 15) is 36.2 Å². The van der Waals surface area contributed by atoms with E-state index in [0.717, 1.165) is 16.8 Å². The Hall–Kier alpha value is -6.14. The lowest BCUT2D eigenvalue weighted by molar-refractivity contribution is 0.415. The highest BCUT2D eigenvalue weighted by molar-refractivity contribution is 7.87. The van der Waals surface area contributed by atoms with Crippen LogP contribution in [0.4, 0.5) is 28.4 Å². The van der Waals surface area contributed by atoms with Crippen LogP contribution in [0.5, 0.6) is 23.0 Å². The Balaban J connectivity index is 1.33. The number of hydrogen-bond donors (Lipinski definition) is 5. The monoisotopic (exact) mass is 729 g/mol. The molecule has 6 N–H and O–H groups in total. The summed E-state index contributed by atoms with van der Waals surface area (Å²) < 4.78 is 78.2. The molecule has 0 aliphatic heterocycles. The third-order valence-corrected chi connectivity index (χ3v) is 9.66. The Labute approximate surface area is 290 Å². The van der Waals surface area contributed by atoms with Crippen molar-refractivity contribution >= 4 is 70.2 Å². The molecule has 6 aromatic carbocycles. The van der Waals surface area contributed by atoms with Gasteiger partial charge in [0.25, 0.3) is 20.2 Å². The number of phenolic OH excluding ortho intramolecular Hbond substituents is 2. The van der Waals surface area contributed by atoms with Crippen molar-refractivity contribution < 1.29 is 45.6 Å². The van der Waals surface area contributed by atoms with Crippen LogP contribution in [0, 0.1) is 0 Å². The molecular weight excluding hydrogens is 703 g/mol. The molecule has 51 heavy (non-hydrogen) atoms. The van der Waals surface area contributed by atoms with Gasteiger partial charge in [0.1, 0.15) is 49.8 Å². The summed E-state index contributed by atoms with van der Waals surface area (Å²) in [6.07, 6.45) is 0. The molecule has 0 fully saturated rings. The fraction of sp³-hybridized carbons (Fsp3) is 0.0588. The number of fused-ring (bicyclic) bond motifs is 2. The summed E-state index contributed by atoms with van der Waals surface area (Å²) in [4.78, 5) is -1.95. The van der Waals surface area contributed by atoms with Crippen molar-refractivity contribution in [3.8, 4) is 34.1 Å². The molecule has 0 bridgehead atoms. The van der Waals surface area contributed by atoms with E-state index < -0.39 is 46.9 Å². The van der Waals surface area contributed by atoms with Crippen molar-refractivity contribution in [3.05, 3.63) is 91.0 Å². The molecule has 0 heterocycles. The van der Waals surface area contributed by atoms with E-state index in [-0.39, 0.29) is 28.3 Å². The van der Waals surface area contributed by atoms with Crippen LogP contribution < -0.4 is 15.2 Å². The molecule has 15 nitrogen and oxygen atoms in total. The van der Waals surface area contributed by atoms with Gasteiger partial charge in [-0.2, -0.15) is 16.8 Å². The molecule has 260 valence electrons. The molecule has 0 saturated heterocycles. The van der Waals surface area contributed by atoms with E-state index in [1.54, 1.807) is 48.5 Å². The Morgan fingerprint density at radius 1 is 0.608 bits per heavy atom. The smallest absolute Gasteiger partial charge is 0.296 e. The predicted octanol–water partition coefficient (Wildman–Crippen LogP) is 7.99. The second kappa shape index (κ2) is 13.3. The van der Waals surface area contributed by atoms with E-state index in [1.807, 2.05) is 24.3 Å². The highest BCUT2D eigenvalue weighted by Gasteiger charge is 2.26. The van der Waals surface area contributed by atoms with Crippen molar-refractivity contribution in [2.75, 3.05) is 20.0 Å². The largest absolute Gasteiger partial charge is 0.506 e. The lowest BCUT2D eigenvalue weighted by atomic mass is 10.0. The first-order chi connectivity index (χ1) is 24.2. The number of methoxy groups -OCH3 is 2. The maximum atomic E-state index is 12.0. The zero-order chi connectivity index (χ0) is 36.7. The van der Waals surface area contributed by atoms with Crippen LogP contribution in [0.3, 0.4) is 0 Å². The van der Waals surface area contributed by atoms with Crippen molar-refractivity contribution in [3.63, 3.8) is 0 Å². The zero-order valence-corrected chi connectivity index (χ0v) is 28.2. The van der Waals surface area contributed by atoms with Gasteiger partial charge < -0.3 is 25.4 Å². The molecule has 6 aromatic rings. The minimum absolute atomic E-state index is 0.0186. The molecule has 17 heteroatoms. The summed E-state index contributed by atoms with van der Waals surface area (Å²) in [6.45, 7) is 0. The van der Waals surface area contributed by atoms with Gasteiger partial charge in [0.05, 0.1) is 25.3 Å². The minimum Gasteiger partial charge on any atom is -0.506 e. The number of anilines is 1. The van der Waals surface area contributed by atoms with Crippen molar-refractivity contribution in [1.29, 1.82) is 0 Å². The van der Waals surface area contributed by atoms with Crippen molar-refractivity contribution in [2.24, 2.45) is 20.5 Å². The summed E-state index contributed by atoms with van der Waals surface area (Å²) >= 11 is 0. The van der Waals surface area contributed by atoms with Gasteiger partial charge in [-0.25, -0.2) is 0 Å². The van der Waals surface area contributed by atoms with Gasteiger partial charge >= 0.3 is 0 Å². The molecule has 6 rings (SSSR count). The van der Waals surface area contributed by atoms with Crippen LogP contribution in [0.25, 0.3) is 32.7 Å². The molecule has 0 amide bonds. The van der Waals surface area contributed by atoms with Gasteiger partial charge in [-0.15, -0.1) is 20.5 Å². The van der Waals surface area contributed by atoms with Crippen LogP contribution in [0.2, 0.25) is 0 Å². The van der Waals surface area contributed by atoms with Gasteiger partial charge in [0.2, 0.25) is 0 Å². The topological polar surface area (TPSA) is 243 Å². The fourth-order valence-electron chi connectivity index (χ4n) is 5.40. The molecule has 0 unspecified atom stereocenters. The standard InChI is InChI=1S/C34H27N5O10S2/c1-48-27-15-19(20-8-12-24(28(16-20)49-2)37-39-33-21-6-4-3-5-18(21)9-14-26(33)40)7-11-23(27)36-38-25-13-10-22-29(50(42,43)44)17-30(51(45,46)47)32(35)31(22)34(25)41/h3-17,40-41H,35H2,1-2H3,(H,42,43,44)(H,45,46,47). The number of aromatic hydroxyl groups is 2. The number of nitrogens with two attached hydrogens (primary N) is 1. The second-order valence-corrected chi connectivity index (χ2v) is 13.7. The van der Waals surface area contributed by atoms with Crippen molar-refractivity contribution in [2.45, 2.75) is 9.79 Å². The molecule has 0 spiro atoms. The maximum Gasteiger partial charge on any atom is 0.296 e. The average Bonchev–Trinajstić information content (AvgIpc) is 3.09. The summed E-state index contributed by atoms with van der Waals surface area (Å²) in [7, 11) is -7.19. The maximum absolute atomic E-state index is 12.0. The summed E-state index contributed by atoms with van der Waals surface area (Å²) in [5.41, 5.74) is 7.34. The lowest BCUT2D eigenvalue weighted by Gasteiger charge is -2.13. The van der Waals surface area contributed by atoms with Crippen LogP contribution >= 0.6 is 0 Å². The van der Waals surface area contributed by atoms with E-state index >= 15 is 0 Å². The number of rotatable bonds is 9. The Bertz CT molecular complexity index is 2660. The fourth-order valence-corrected chi connectivity index (χ4v) is 6.84. The average molecular weight is 730 g/mol. The predicted molar refractivity (Wildman–Crippen MR) is 189 cm³/mol. The third-order valence-electron chi connectivity index (χ3n) is 7.87. The Morgan fingerprint density at radius 2 is 1.16 bits per heavy atom. The number of nitrogens with zero attached hydrogens (tertiary/aromatic N) is 4. The first-order valence-electron chi connectivity index (χ1n) is 14.6. The quantitative estimate of drug-likeness (QED) is 0.0542. The zero-order valence-electron chi connectivity index (χ0n) is 26.6. The summed E-state index contributed by atoms with van der Waals surface area (Å²) in [5.74, 6) is -0.110. The van der Waals surface area contributed by atoms with E-state index in [0.29, 0.717) is 34.3 Å². The number of ether oxygens (including phenoxy) is 2. The number of nitrogen functional groups attached to an aromatic ring is 1.